The highest BCUT2D eigenvalue weighted by atomic mass is 32.1. The van der Waals surface area contributed by atoms with Crippen LogP contribution in [0.3, 0.4) is 0 Å². The number of hydrogen-bond acceptors (Lipinski definition) is 4. The van der Waals surface area contributed by atoms with E-state index in [0.29, 0.717) is 6.04 Å². The molecule has 3 nitrogen and oxygen atoms in total. The Morgan fingerprint density at radius 1 is 1.29 bits per heavy atom. The third-order valence-electron chi connectivity index (χ3n) is 3.67. The van der Waals surface area contributed by atoms with Crippen LogP contribution in [0.25, 0.3) is 0 Å². The van der Waals surface area contributed by atoms with Crippen LogP contribution in [0.1, 0.15) is 33.5 Å². The Morgan fingerprint density at radius 2 is 2.05 bits per heavy atom. The Balaban J connectivity index is 1.96. The van der Waals surface area contributed by atoms with Gasteiger partial charge >= 0.3 is 0 Å². The van der Waals surface area contributed by atoms with Crippen molar-refractivity contribution in [3.63, 3.8) is 0 Å². The van der Waals surface area contributed by atoms with Crippen LogP contribution in [0.15, 0.2) is 18.3 Å². The second kappa shape index (κ2) is 7.05. The van der Waals surface area contributed by atoms with Crippen LogP contribution in [0, 0.1) is 20.8 Å². The van der Waals surface area contributed by atoms with Crippen molar-refractivity contribution in [2.75, 3.05) is 7.11 Å². The van der Waals surface area contributed by atoms with Gasteiger partial charge in [0.15, 0.2) is 0 Å². The van der Waals surface area contributed by atoms with Gasteiger partial charge in [0.25, 0.3) is 0 Å². The summed E-state index contributed by atoms with van der Waals surface area (Å²) in [5.74, 6) is 0.948. The van der Waals surface area contributed by atoms with Gasteiger partial charge in [0, 0.05) is 39.7 Å². The van der Waals surface area contributed by atoms with Crippen LogP contribution in [0.5, 0.6) is 5.75 Å². The molecule has 0 aliphatic heterocycles. The molecule has 0 aliphatic rings. The van der Waals surface area contributed by atoms with Gasteiger partial charge in [-0.2, -0.15) is 0 Å². The number of thiophene rings is 1. The van der Waals surface area contributed by atoms with Crippen molar-refractivity contribution < 1.29 is 4.74 Å². The number of rotatable bonds is 6. The highest BCUT2D eigenvalue weighted by Gasteiger charge is 2.11. The normalized spacial score (nSPS) is 12.4. The molecule has 21 heavy (non-hydrogen) atoms. The molecular weight excluding hydrogens is 280 g/mol. The summed E-state index contributed by atoms with van der Waals surface area (Å²) in [6, 6.07) is 4.83. The molecule has 1 atom stereocenters. The van der Waals surface area contributed by atoms with Crippen LogP contribution in [-0.4, -0.2) is 18.1 Å². The lowest BCUT2D eigenvalue weighted by atomic mass is 10.1. The monoisotopic (exact) mass is 304 g/mol. The van der Waals surface area contributed by atoms with Crippen molar-refractivity contribution in [3.05, 3.63) is 44.9 Å². The van der Waals surface area contributed by atoms with Gasteiger partial charge in [0.2, 0.25) is 0 Å². The molecule has 0 saturated carbocycles. The number of aromatic nitrogens is 1. The average Bonchev–Trinajstić information content (AvgIpc) is 2.84. The lowest BCUT2D eigenvalue weighted by Gasteiger charge is -2.16. The summed E-state index contributed by atoms with van der Waals surface area (Å²) >= 11 is 1.87. The van der Waals surface area contributed by atoms with E-state index in [2.05, 4.69) is 43.2 Å². The first-order valence-electron chi connectivity index (χ1n) is 7.29. The molecule has 0 bridgehead atoms. The van der Waals surface area contributed by atoms with Crippen LogP contribution >= 0.6 is 11.3 Å². The third kappa shape index (κ3) is 4.05. The number of nitrogens with zero attached hydrogens (tertiary/aromatic N) is 1. The van der Waals surface area contributed by atoms with Crippen LogP contribution in [0.4, 0.5) is 0 Å². The maximum atomic E-state index is 5.46. The Labute approximate surface area is 131 Å². The number of ether oxygens (including phenoxy) is 1. The fourth-order valence-electron chi connectivity index (χ4n) is 2.49. The summed E-state index contributed by atoms with van der Waals surface area (Å²) in [6.07, 6.45) is 2.94. The number of pyridine rings is 1. The van der Waals surface area contributed by atoms with Crippen molar-refractivity contribution in [2.45, 2.75) is 46.7 Å². The minimum Gasteiger partial charge on any atom is -0.496 e. The molecule has 0 aliphatic carbocycles. The number of hydrogen-bond donors (Lipinski definition) is 1. The summed E-state index contributed by atoms with van der Waals surface area (Å²) in [5, 5.41) is 3.56. The molecule has 0 saturated heterocycles. The van der Waals surface area contributed by atoms with E-state index in [1.807, 2.05) is 24.5 Å². The fraction of sp³-hybridized carbons (Fsp3) is 0.471. The fourth-order valence-corrected chi connectivity index (χ4v) is 3.51. The van der Waals surface area contributed by atoms with Gasteiger partial charge in [-0.25, -0.2) is 0 Å². The minimum atomic E-state index is 0.427. The Hall–Kier alpha value is -1.39. The molecule has 1 unspecified atom stereocenters. The van der Waals surface area contributed by atoms with Gasteiger partial charge in [-0.05, 0) is 46.2 Å². The lowest BCUT2D eigenvalue weighted by Crippen LogP contribution is -2.28. The quantitative estimate of drug-likeness (QED) is 0.881. The molecule has 4 heteroatoms. The summed E-state index contributed by atoms with van der Waals surface area (Å²) in [6.45, 7) is 9.24. The standard InChI is InChI=1S/C17H24N2OS/c1-11-9-19-16(14(4)17(11)20-5)10-18-12(2)8-15-7-6-13(3)21-15/h6-7,9,12,18H,8,10H2,1-5H3. The number of nitrogens with one attached hydrogen (secondary N) is 1. The highest BCUT2D eigenvalue weighted by Crippen LogP contribution is 2.24. The Bertz CT molecular complexity index is 607. The van der Waals surface area contributed by atoms with E-state index >= 15 is 0 Å². The second-order valence-electron chi connectivity index (χ2n) is 5.54. The van der Waals surface area contributed by atoms with Crippen LogP contribution < -0.4 is 10.1 Å². The van der Waals surface area contributed by atoms with E-state index in [-0.39, 0.29) is 0 Å². The first kappa shape index (κ1) is 16.0. The van der Waals surface area contributed by atoms with Crippen LogP contribution in [-0.2, 0) is 13.0 Å². The number of aryl methyl sites for hydroxylation is 2. The van der Waals surface area contributed by atoms with Crippen LogP contribution in [0.2, 0.25) is 0 Å². The Morgan fingerprint density at radius 3 is 2.67 bits per heavy atom. The van der Waals surface area contributed by atoms with E-state index in [1.165, 1.54) is 9.75 Å². The maximum Gasteiger partial charge on any atom is 0.128 e. The van der Waals surface area contributed by atoms with E-state index in [4.69, 9.17) is 4.74 Å². The summed E-state index contributed by atoms with van der Waals surface area (Å²) < 4.78 is 5.46. The zero-order valence-electron chi connectivity index (χ0n) is 13.5. The first-order valence-corrected chi connectivity index (χ1v) is 8.10. The summed E-state index contributed by atoms with van der Waals surface area (Å²) in [5.41, 5.74) is 3.27. The predicted octanol–water partition coefficient (Wildman–Crippen LogP) is 3.80. The van der Waals surface area contributed by atoms with E-state index in [1.54, 1.807) is 7.11 Å². The molecule has 2 rings (SSSR count). The van der Waals surface area contributed by atoms with Gasteiger partial charge in [-0.1, -0.05) is 0 Å². The molecule has 0 amide bonds. The molecule has 0 spiro atoms. The van der Waals surface area contributed by atoms with Gasteiger partial charge < -0.3 is 10.1 Å². The highest BCUT2D eigenvalue weighted by molar-refractivity contribution is 7.11. The van der Waals surface area contributed by atoms with Gasteiger partial charge in [0.1, 0.15) is 5.75 Å². The summed E-state index contributed by atoms with van der Waals surface area (Å²) in [4.78, 5) is 7.33. The first-order chi connectivity index (χ1) is 10.0. The summed E-state index contributed by atoms with van der Waals surface area (Å²) in [7, 11) is 1.72. The molecule has 1 N–H and O–H groups in total. The molecule has 0 fully saturated rings. The smallest absolute Gasteiger partial charge is 0.128 e. The van der Waals surface area contributed by atoms with E-state index < -0.39 is 0 Å². The van der Waals surface area contributed by atoms with Crippen molar-refractivity contribution in [3.8, 4) is 5.75 Å². The van der Waals surface area contributed by atoms with E-state index in [9.17, 15) is 0 Å². The van der Waals surface area contributed by atoms with Crippen molar-refractivity contribution in [2.24, 2.45) is 0 Å². The molecule has 0 aromatic carbocycles. The topological polar surface area (TPSA) is 34.1 Å². The SMILES string of the molecule is COc1c(C)cnc(CNC(C)Cc2ccc(C)s2)c1C. The predicted molar refractivity (Wildman–Crippen MR) is 89.3 cm³/mol. The van der Waals surface area contributed by atoms with Gasteiger partial charge in [-0.15, -0.1) is 11.3 Å². The molecule has 2 aromatic heterocycles. The Kier molecular flexibility index (Phi) is 5.37. The zero-order valence-corrected chi connectivity index (χ0v) is 14.3. The number of methoxy groups -OCH3 is 1. The zero-order chi connectivity index (χ0) is 15.4. The molecular formula is C17H24N2OS. The molecule has 2 heterocycles. The van der Waals surface area contributed by atoms with E-state index in [0.717, 1.165) is 35.5 Å². The molecule has 114 valence electrons. The lowest BCUT2D eigenvalue weighted by molar-refractivity contribution is 0.406. The second-order valence-corrected chi connectivity index (χ2v) is 6.92. The molecule has 0 radical (unpaired) electrons. The van der Waals surface area contributed by atoms with Crippen molar-refractivity contribution in [1.29, 1.82) is 0 Å². The largest absolute Gasteiger partial charge is 0.496 e. The average molecular weight is 304 g/mol. The molecule has 2 aromatic rings. The third-order valence-corrected chi connectivity index (χ3v) is 4.69. The van der Waals surface area contributed by atoms with Gasteiger partial charge in [-0.3, -0.25) is 4.98 Å². The maximum absolute atomic E-state index is 5.46. The van der Waals surface area contributed by atoms with Crippen molar-refractivity contribution in [1.82, 2.24) is 10.3 Å². The van der Waals surface area contributed by atoms with Crippen molar-refractivity contribution >= 4 is 11.3 Å². The van der Waals surface area contributed by atoms with Gasteiger partial charge in [0.05, 0.1) is 12.8 Å². The minimum absolute atomic E-state index is 0.427.